The van der Waals surface area contributed by atoms with Crippen LogP contribution in [0.15, 0.2) is 51.9 Å². The molecule has 5 N–H and O–H groups in total. The third-order valence-corrected chi connectivity index (χ3v) is 10.9. The molecule has 1 aliphatic heterocycles. The molecule has 50 heavy (non-hydrogen) atoms. The van der Waals surface area contributed by atoms with Crippen LogP contribution >= 0.6 is 0 Å². The van der Waals surface area contributed by atoms with Crippen molar-refractivity contribution in [2.45, 2.75) is 83.3 Å². The van der Waals surface area contributed by atoms with E-state index < -0.39 is 22.2 Å². The number of unbranched alkanes of at least 4 members (excludes halogenated alkanes) is 2. The van der Waals surface area contributed by atoms with Crippen molar-refractivity contribution in [2.24, 2.45) is 5.92 Å². The molecule has 15 heteroatoms. The van der Waals surface area contributed by atoms with Gasteiger partial charge in [0, 0.05) is 43.6 Å². The second-order valence-corrected chi connectivity index (χ2v) is 14.9. The lowest BCUT2D eigenvalue weighted by Gasteiger charge is -2.33. The predicted octanol–water partition coefficient (Wildman–Crippen LogP) is 3.87. The Morgan fingerprint density at radius 1 is 1.10 bits per heavy atom. The van der Waals surface area contributed by atoms with E-state index in [1.807, 2.05) is 6.92 Å². The summed E-state index contributed by atoms with van der Waals surface area (Å²) >= 11 is 0. The fourth-order valence-electron chi connectivity index (χ4n) is 5.87. The highest BCUT2D eigenvalue weighted by Crippen LogP contribution is 2.31. The Labute approximate surface area is 293 Å². The Morgan fingerprint density at radius 2 is 1.78 bits per heavy atom. The number of carbonyl (C=O) groups is 3. The van der Waals surface area contributed by atoms with Gasteiger partial charge in [-0.1, -0.05) is 30.6 Å². The van der Waals surface area contributed by atoms with Gasteiger partial charge in [-0.25, -0.2) is 8.42 Å². The summed E-state index contributed by atoms with van der Waals surface area (Å²) in [6.45, 7) is 6.66. The van der Waals surface area contributed by atoms with Crippen LogP contribution in [0, 0.1) is 19.8 Å². The van der Waals surface area contributed by atoms with E-state index >= 15 is 0 Å². The van der Waals surface area contributed by atoms with Crippen LogP contribution in [0.4, 0.5) is 17.1 Å². The number of nitrogens with one attached hydrogen (secondary N) is 2. The van der Waals surface area contributed by atoms with Crippen LogP contribution in [0.5, 0.6) is 5.75 Å². The minimum absolute atomic E-state index is 0.00127. The Hall–Kier alpha value is -4.47. The van der Waals surface area contributed by atoms with Gasteiger partial charge < -0.3 is 35.6 Å². The molecule has 1 aliphatic rings. The molecule has 272 valence electrons. The van der Waals surface area contributed by atoms with Gasteiger partial charge in [0.15, 0.2) is 5.76 Å². The number of ether oxygens (including phenoxy) is 1. The van der Waals surface area contributed by atoms with Crippen LogP contribution in [0.1, 0.15) is 63.0 Å². The number of para-hydroxylation sites is 2. The van der Waals surface area contributed by atoms with E-state index in [0.29, 0.717) is 54.1 Å². The maximum absolute atomic E-state index is 13.6. The Kier molecular flexibility index (Phi) is 13.0. The van der Waals surface area contributed by atoms with Crippen LogP contribution in [-0.2, 0) is 30.8 Å². The molecule has 0 spiro atoms. The first-order chi connectivity index (χ1) is 23.7. The van der Waals surface area contributed by atoms with Crippen molar-refractivity contribution >= 4 is 44.8 Å². The van der Waals surface area contributed by atoms with E-state index in [-0.39, 0.29) is 72.5 Å². The number of nitrogen functional groups attached to an aromatic ring is 1. The normalized spacial score (nSPS) is 17.3. The van der Waals surface area contributed by atoms with Crippen LogP contribution in [0.25, 0.3) is 0 Å². The maximum atomic E-state index is 13.6. The first-order valence-corrected chi connectivity index (χ1v) is 18.2. The smallest absolute Gasteiger partial charge is 0.248 e. The van der Waals surface area contributed by atoms with E-state index in [9.17, 15) is 27.9 Å². The number of nitrogens with zero attached hydrogens (tertiary/aromatic N) is 3. The molecule has 4 rings (SSSR count). The zero-order valence-corrected chi connectivity index (χ0v) is 30.1. The molecule has 0 saturated heterocycles. The zero-order valence-electron chi connectivity index (χ0n) is 29.3. The lowest BCUT2D eigenvalue weighted by molar-refractivity contribution is -0.134. The number of rotatable bonds is 14. The zero-order chi connectivity index (χ0) is 36.6. The number of carbonyl (C=O) groups excluding carboxylic acids is 3. The van der Waals surface area contributed by atoms with Gasteiger partial charge in [0.25, 0.3) is 0 Å². The molecule has 14 nitrogen and oxygen atoms in total. The Bertz CT molecular complexity index is 1760. The highest BCUT2D eigenvalue weighted by atomic mass is 32.2. The number of hydrogen-bond acceptors (Lipinski definition) is 10. The first-order valence-electron chi connectivity index (χ1n) is 16.7. The summed E-state index contributed by atoms with van der Waals surface area (Å²) in [6, 6.07) is 11.6. The number of sulfonamides is 1. The summed E-state index contributed by atoms with van der Waals surface area (Å²) in [4.78, 5) is 40.2. The van der Waals surface area contributed by atoms with Crippen molar-refractivity contribution in [3.8, 4) is 5.75 Å². The number of aliphatic hydroxyl groups excluding tert-OH is 1. The molecule has 1 aromatic heterocycles. The van der Waals surface area contributed by atoms with Crippen molar-refractivity contribution in [3.05, 3.63) is 59.5 Å². The van der Waals surface area contributed by atoms with Gasteiger partial charge in [-0.15, -0.1) is 0 Å². The molecular weight excluding hydrogens is 664 g/mol. The molecule has 3 aromatic rings. The van der Waals surface area contributed by atoms with Crippen molar-refractivity contribution in [2.75, 3.05) is 43.1 Å². The standard InChI is InChI=1S/C35H48N6O8S/c1-22-19-41(23(2)21-42)34(45)18-26-17-27(37-32(43)13-7-6-8-14-33(44)38-29-12-10-9-11-28(29)36)15-16-30(26)48-31(22)20-40(5)50(46,47)35-24(3)39-49-25(35)4/h9-12,15-17,22-23,31,42H,6-8,13-14,18-21,36H2,1-5H3,(H,37,43)(H,38,44)/t22-,23+,31-/m0/s1. The van der Waals surface area contributed by atoms with Gasteiger partial charge in [-0.3, -0.25) is 14.4 Å². The Balaban J connectivity index is 1.42. The fourth-order valence-corrected chi connectivity index (χ4v) is 7.34. The third-order valence-electron chi connectivity index (χ3n) is 8.82. The molecule has 3 atom stereocenters. The first kappa shape index (κ1) is 38.3. The number of aliphatic hydroxyl groups is 1. The number of aromatic nitrogens is 1. The topological polar surface area (TPSA) is 197 Å². The number of benzene rings is 2. The predicted molar refractivity (Wildman–Crippen MR) is 189 cm³/mol. The van der Waals surface area contributed by atoms with Crippen molar-refractivity contribution in [3.63, 3.8) is 0 Å². The lowest BCUT2D eigenvalue weighted by Crippen LogP contribution is -2.48. The summed E-state index contributed by atoms with van der Waals surface area (Å²) in [7, 11) is -2.52. The van der Waals surface area contributed by atoms with E-state index in [2.05, 4.69) is 15.8 Å². The number of anilines is 3. The van der Waals surface area contributed by atoms with E-state index in [1.165, 1.54) is 18.3 Å². The fraction of sp³-hybridized carbons (Fsp3) is 0.486. The molecule has 0 radical (unpaired) electrons. The number of nitrogens with two attached hydrogens (primary N) is 1. The average Bonchev–Trinajstić information content (AvgIpc) is 3.43. The summed E-state index contributed by atoms with van der Waals surface area (Å²) < 4.78 is 39.8. The van der Waals surface area contributed by atoms with Gasteiger partial charge in [-0.05, 0) is 63.9 Å². The van der Waals surface area contributed by atoms with E-state index in [4.69, 9.17) is 15.0 Å². The highest BCUT2D eigenvalue weighted by Gasteiger charge is 2.35. The molecule has 0 fully saturated rings. The quantitative estimate of drug-likeness (QED) is 0.141. The number of amides is 3. The minimum atomic E-state index is -3.98. The van der Waals surface area contributed by atoms with Crippen LogP contribution < -0.4 is 21.1 Å². The molecule has 2 heterocycles. The van der Waals surface area contributed by atoms with Crippen molar-refractivity contribution in [1.29, 1.82) is 0 Å². The van der Waals surface area contributed by atoms with Crippen LogP contribution in [0.2, 0.25) is 0 Å². The molecule has 0 bridgehead atoms. The molecule has 0 aliphatic carbocycles. The Morgan fingerprint density at radius 3 is 2.42 bits per heavy atom. The van der Waals surface area contributed by atoms with Gasteiger partial charge in [0.2, 0.25) is 27.7 Å². The van der Waals surface area contributed by atoms with E-state index in [0.717, 1.165) is 0 Å². The number of likely N-dealkylation sites (N-methyl/N-ethyl adjacent to an activating group) is 1. The summed E-state index contributed by atoms with van der Waals surface area (Å²) in [5.74, 6) is -0.340. The van der Waals surface area contributed by atoms with Crippen molar-refractivity contribution in [1.82, 2.24) is 14.4 Å². The monoisotopic (exact) mass is 712 g/mol. The SMILES string of the molecule is Cc1noc(C)c1S(=O)(=O)N(C)C[C@@H]1Oc2ccc(NC(=O)CCCCCC(=O)Nc3ccccc3N)cc2CC(=O)N([C@H](C)CO)C[C@@H]1C. The highest BCUT2D eigenvalue weighted by molar-refractivity contribution is 7.89. The largest absolute Gasteiger partial charge is 0.488 e. The van der Waals surface area contributed by atoms with Gasteiger partial charge in [0.05, 0.1) is 37.0 Å². The second kappa shape index (κ2) is 17.0. The molecule has 0 saturated carbocycles. The number of aryl methyl sites for hydroxylation is 2. The second-order valence-electron chi connectivity index (χ2n) is 12.9. The van der Waals surface area contributed by atoms with E-state index in [1.54, 1.807) is 61.2 Å². The van der Waals surface area contributed by atoms with Crippen LogP contribution in [-0.4, -0.2) is 84.5 Å². The third kappa shape index (κ3) is 9.61. The van der Waals surface area contributed by atoms with Gasteiger partial charge >= 0.3 is 0 Å². The summed E-state index contributed by atoms with van der Waals surface area (Å²) in [5.41, 5.74) is 8.20. The molecule has 3 amide bonds. The lowest BCUT2D eigenvalue weighted by atomic mass is 10.0. The average molecular weight is 713 g/mol. The van der Waals surface area contributed by atoms with Gasteiger partial charge in [0.1, 0.15) is 22.4 Å². The maximum Gasteiger partial charge on any atom is 0.248 e. The molecular formula is C35H48N6O8S. The summed E-state index contributed by atoms with van der Waals surface area (Å²) in [5, 5.41) is 19.4. The number of fused-ring (bicyclic) bond motifs is 1. The summed E-state index contributed by atoms with van der Waals surface area (Å²) in [6.07, 6.45) is 1.69. The number of hydrogen-bond donors (Lipinski definition) is 4. The van der Waals surface area contributed by atoms with Crippen LogP contribution in [0.3, 0.4) is 0 Å². The van der Waals surface area contributed by atoms with Gasteiger partial charge in [-0.2, -0.15) is 4.31 Å². The minimum Gasteiger partial charge on any atom is -0.488 e. The molecule has 0 unspecified atom stereocenters. The van der Waals surface area contributed by atoms with Crippen molar-refractivity contribution < 1.29 is 37.2 Å². The molecule has 2 aromatic carbocycles.